The molecule has 2 aliphatic rings. The minimum absolute atomic E-state index is 0.0284. The van der Waals surface area contributed by atoms with Crippen LogP contribution in [0.3, 0.4) is 0 Å². The summed E-state index contributed by atoms with van der Waals surface area (Å²) in [6, 6.07) is 6.10. The van der Waals surface area contributed by atoms with E-state index in [4.69, 9.17) is 0 Å². The summed E-state index contributed by atoms with van der Waals surface area (Å²) in [6.07, 6.45) is 0. The average Bonchev–Trinajstić information content (AvgIpc) is 2.83. The van der Waals surface area contributed by atoms with Crippen LogP contribution in [0.1, 0.15) is 11.1 Å². The van der Waals surface area contributed by atoms with Crippen LogP contribution in [-0.2, 0) is 4.79 Å². The molecular weight excluding hydrogens is 232 g/mol. The second-order valence-corrected chi connectivity index (χ2v) is 5.63. The Morgan fingerprint density at radius 3 is 2.94 bits per heavy atom. The quantitative estimate of drug-likeness (QED) is 0.762. The van der Waals surface area contributed by atoms with Gasteiger partial charge in [0.25, 0.3) is 5.91 Å². The Morgan fingerprint density at radius 2 is 2.24 bits per heavy atom. The molecule has 0 saturated carbocycles. The van der Waals surface area contributed by atoms with E-state index in [1.54, 1.807) is 16.8 Å². The van der Waals surface area contributed by atoms with Crippen molar-refractivity contribution in [3.8, 4) is 0 Å². The molecule has 2 heterocycles. The van der Waals surface area contributed by atoms with Gasteiger partial charge in [0.15, 0.2) is 0 Å². The molecule has 3 rings (SSSR count). The topological polar surface area (TPSA) is 32.7 Å². The van der Waals surface area contributed by atoms with Gasteiger partial charge in [-0.1, -0.05) is 17.7 Å². The molecule has 4 heteroatoms. The molecule has 0 spiro atoms. The number of hydrogen-bond acceptors (Lipinski definition) is 3. The molecule has 0 N–H and O–H groups in total. The van der Waals surface area contributed by atoms with Crippen molar-refractivity contribution in [2.45, 2.75) is 13.8 Å². The summed E-state index contributed by atoms with van der Waals surface area (Å²) in [5, 5.41) is 6.06. The van der Waals surface area contributed by atoms with E-state index < -0.39 is 0 Å². The summed E-state index contributed by atoms with van der Waals surface area (Å²) >= 11 is 1.80. The van der Waals surface area contributed by atoms with Gasteiger partial charge in [0.2, 0.25) is 0 Å². The highest BCUT2D eigenvalue weighted by atomic mass is 32.2. The lowest BCUT2D eigenvalue weighted by Crippen LogP contribution is -2.27. The summed E-state index contributed by atoms with van der Waals surface area (Å²) in [7, 11) is 0. The van der Waals surface area contributed by atoms with Crippen molar-refractivity contribution in [2.24, 2.45) is 11.0 Å². The van der Waals surface area contributed by atoms with E-state index in [9.17, 15) is 4.79 Å². The fraction of sp³-hybridized carbons (Fsp3) is 0.385. The van der Waals surface area contributed by atoms with Gasteiger partial charge in [0.1, 0.15) is 0 Å². The van der Waals surface area contributed by atoms with Crippen molar-refractivity contribution in [1.82, 2.24) is 0 Å². The number of hydrogen-bond donors (Lipinski definition) is 0. The zero-order valence-electron chi connectivity index (χ0n) is 9.93. The lowest BCUT2D eigenvalue weighted by Gasteiger charge is -2.16. The predicted octanol–water partition coefficient (Wildman–Crippen LogP) is 2.37. The van der Waals surface area contributed by atoms with Gasteiger partial charge in [0.05, 0.1) is 17.3 Å². The van der Waals surface area contributed by atoms with E-state index in [1.165, 1.54) is 5.56 Å². The molecule has 0 radical (unpaired) electrons. The maximum atomic E-state index is 12.2. The Morgan fingerprint density at radius 1 is 1.41 bits per heavy atom. The van der Waals surface area contributed by atoms with Crippen LogP contribution in [0.2, 0.25) is 0 Å². The van der Waals surface area contributed by atoms with Crippen molar-refractivity contribution >= 4 is 29.1 Å². The van der Waals surface area contributed by atoms with E-state index in [0.717, 1.165) is 28.5 Å². The van der Waals surface area contributed by atoms with Gasteiger partial charge in [-0.3, -0.25) is 4.79 Å². The molecule has 0 aromatic heterocycles. The molecule has 2 aliphatic heterocycles. The number of nitrogens with zero attached hydrogens (tertiary/aromatic N) is 2. The fourth-order valence-electron chi connectivity index (χ4n) is 2.33. The number of rotatable bonds is 1. The van der Waals surface area contributed by atoms with E-state index in [2.05, 4.69) is 18.1 Å². The highest BCUT2D eigenvalue weighted by Gasteiger charge is 2.40. The third-order valence-corrected chi connectivity index (χ3v) is 4.32. The molecule has 1 fully saturated rings. The molecule has 0 aliphatic carbocycles. The van der Waals surface area contributed by atoms with Crippen LogP contribution in [0, 0.1) is 19.8 Å². The minimum atomic E-state index is 0.0284. The van der Waals surface area contributed by atoms with Crippen LogP contribution in [0.15, 0.2) is 23.3 Å². The number of anilines is 1. The van der Waals surface area contributed by atoms with Gasteiger partial charge in [-0.15, -0.1) is 0 Å². The number of aryl methyl sites for hydroxylation is 2. The lowest BCUT2D eigenvalue weighted by molar-refractivity contribution is -0.119. The second kappa shape index (κ2) is 3.88. The molecule has 1 aromatic rings. The maximum Gasteiger partial charge on any atom is 0.257 e. The number of hydrazone groups is 1. The van der Waals surface area contributed by atoms with Crippen molar-refractivity contribution in [3.05, 3.63) is 29.3 Å². The number of carbonyl (C=O) groups is 1. The summed E-state index contributed by atoms with van der Waals surface area (Å²) in [4.78, 5) is 12.2. The molecule has 1 amide bonds. The zero-order chi connectivity index (χ0) is 12.0. The largest absolute Gasteiger partial charge is 0.272 e. The Kier molecular flexibility index (Phi) is 2.47. The highest BCUT2D eigenvalue weighted by Crippen LogP contribution is 2.33. The highest BCUT2D eigenvalue weighted by molar-refractivity contribution is 8.00. The van der Waals surface area contributed by atoms with Gasteiger partial charge in [-0.05, 0) is 25.5 Å². The van der Waals surface area contributed by atoms with E-state index in [-0.39, 0.29) is 11.8 Å². The van der Waals surface area contributed by atoms with Gasteiger partial charge in [0, 0.05) is 11.5 Å². The van der Waals surface area contributed by atoms with Crippen LogP contribution in [0.4, 0.5) is 5.69 Å². The Balaban J connectivity index is 2.00. The summed E-state index contributed by atoms with van der Waals surface area (Å²) < 4.78 is 0. The summed E-state index contributed by atoms with van der Waals surface area (Å²) in [5.74, 6) is 1.95. The number of benzene rings is 1. The molecule has 1 aromatic carbocycles. The summed E-state index contributed by atoms with van der Waals surface area (Å²) in [6.45, 7) is 4.08. The van der Waals surface area contributed by atoms with Crippen molar-refractivity contribution in [3.63, 3.8) is 0 Å². The first kappa shape index (κ1) is 10.8. The summed E-state index contributed by atoms with van der Waals surface area (Å²) in [5.41, 5.74) is 4.28. The number of carbonyl (C=O) groups excluding carboxylic acids is 1. The lowest BCUT2D eigenvalue weighted by atomic mass is 10.1. The first-order valence-corrected chi connectivity index (χ1v) is 6.88. The molecule has 0 bridgehead atoms. The third-order valence-electron chi connectivity index (χ3n) is 3.25. The van der Waals surface area contributed by atoms with Crippen LogP contribution >= 0.6 is 11.8 Å². The van der Waals surface area contributed by atoms with Crippen molar-refractivity contribution < 1.29 is 4.79 Å². The van der Waals surface area contributed by atoms with Crippen LogP contribution in [-0.4, -0.2) is 23.1 Å². The van der Waals surface area contributed by atoms with Gasteiger partial charge < -0.3 is 0 Å². The minimum Gasteiger partial charge on any atom is -0.272 e. The Labute approximate surface area is 105 Å². The standard InChI is InChI=1S/C13H14N2OS/c1-8-3-4-12(9(2)5-8)15-13(16)10-6-17-7-11(10)14-15/h3-5,10H,6-7H2,1-2H3. The Bertz CT molecular complexity index is 524. The number of thioether (sulfide) groups is 1. The molecule has 3 nitrogen and oxygen atoms in total. The first-order valence-electron chi connectivity index (χ1n) is 5.73. The zero-order valence-corrected chi connectivity index (χ0v) is 10.8. The number of fused-ring (bicyclic) bond motifs is 1. The smallest absolute Gasteiger partial charge is 0.257 e. The molecule has 1 atom stereocenters. The van der Waals surface area contributed by atoms with Gasteiger partial charge >= 0.3 is 0 Å². The molecular formula is C13H14N2OS. The normalized spacial score (nSPS) is 22.9. The van der Waals surface area contributed by atoms with Gasteiger partial charge in [-0.2, -0.15) is 21.9 Å². The molecule has 17 heavy (non-hydrogen) atoms. The first-order chi connectivity index (χ1) is 8.16. The SMILES string of the molecule is Cc1ccc(N2N=C3CSCC3C2=O)c(C)c1. The molecule has 1 saturated heterocycles. The monoisotopic (exact) mass is 246 g/mol. The van der Waals surface area contributed by atoms with Crippen molar-refractivity contribution in [2.75, 3.05) is 16.5 Å². The molecule has 88 valence electrons. The second-order valence-electron chi connectivity index (χ2n) is 4.60. The average molecular weight is 246 g/mol. The van der Waals surface area contributed by atoms with Crippen LogP contribution in [0.25, 0.3) is 0 Å². The maximum absolute atomic E-state index is 12.2. The van der Waals surface area contributed by atoms with Crippen molar-refractivity contribution in [1.29, 1.82) is 0 Å². The van der Waals surface area contributed by atoms with Gasteiger partial charge in [-0.25, -0.2) is 0 Å². The van der Waals surface area contributed by atoms with E-state index in [1.807, 2.05) is 19.1 Å². The Hall–Kier alpha value is -1.29. The van der Waals surface area contributed by atoms with Crippen LogP contribution < -0.4 is 5.01 Å². The predicted molar refractivity (Wildman–Crippen MR) is 71.7 cm³/mol. The number of amides is 1. The fourth-order valence-corrected chi connectivity index (χ4v) is 3.49. The third kappa shape index (κ3) is 1.67. The van der Waals surface area contributed by atoms with Crippen LogP contribution in [0.5, 0.6) is 0 Å². The van der Waals surface area contributed by atoms with E-state index >= 15 is 0 Å². The van der Waals surface area contributed by atoms with E-state index in [0.29, 0.717) is 0 Å². The molecule has 1 unspecified atom stereocenters.